The van der Waals surface area contributed by atoms with Crippen LogP contribution in [-0.2, 0) is 18.0 Å². The van der Waals surface area contributed by atoms with Crippen LogP contribution in [0, 0.1) is 5.41 Å². The van der Waals surface area contributed by atoms with Gasteiger partial charge >= 0.3 is 0 Å². The molecule has 1 amide bonds. The van der Waals surface area contributed by atoms with Crippen molar-refractivity contribution < 1.29 is 9.53 Å². The molecular formula is C22H20N6O2. The summed E-state index contributed by atoms with van der Waals surface area (Å²) in [5.74, 6) is -0.861. The average molecular weight is 400 g/mol. The Morgan fingerprint density at radius 2 is 1.90 bits per heavy atom. The Bertz CT molecular complexity index is 1180. The van der Waals surface area contributed by atoms with Crippen LogP contribution in [0.3, 0.4) is 0 Å². The van der Waals surface area contributed by atoms with Crippen LogP contribution < -0.4 is 10.6 Å². The summed E-state index contributed by atoms with van der Waals surface area (Å²) in [6.07, 6.45) is 3.09. The third-order valence-electron chi connectivity index (χ3n) is 4.61. The van der Waals surface area contributed by atoms with E-state index >= 15 is 0 Å². The first-order valence-corrected chi connectivity index (χ1v) is 9.31. The number of amides is 1. The van der Waals surface area contributed by atoms with Crippen molar-refractivity contribution in [1.29, 1.82) is 5.41 Å². The number of nitrogens with zero attached hydrogens (tertiary/aromatic N) is 3. The van der Waals surface area contributed by atoms with Crippen LogP contribution in [0.15, 0.2) is 73.1 Å². The number of nitrogens with one attached hydrogen (secondary N) is 2. The molecule has 0 atom stereocenters. The van der Waals surface area contributed by atoms with Crippen LogP contribution in [0.5, 0.6) is 0 Å². The number of benzene rings is 2. The van der Waals surface area contributed by atoms with Gasteiger partial charge in [-0.15, -0.1) is 0 Å². The van der Waals surface area contributed by atoms with E-state index in [1.807, 2.05) is 42.5 Å². The number of aromatic nitrogens is 3. The number of aromatic amines is 1. The van der Waals surface area contributed by atoms with E-state index in [0.717, 1.165) is 10.5 Å². The largest absolute Gasteiger partial charge is 0.370 e. The quantitative estimate of drug-likeness (QED) is 0.339. The van der Waals surface area contributed by atoms with Crippen LogP contribution >= 0.6 is 0 Å². The Morgan fingerprint density at radius 1 is 1.07 bits per heavy atom. The molecule has 0 aliphatic rings. The van der Waals surface area contributed by atoms with Crippen molar-refractivity contribution in [3.05, 3.63) is 89.9 Å². The summed E-state index contributed by atoms with van der Waals surface area (Å²) >= 11 is 0. The zero-order valence-electron chi connectivity index (χ0n) is 16.1. The van der Waals surface area contributed by atoms with Crippen LogP contribution in [0.2, 0.25) is 0 Å². The van der Waals surface area contributed by atoms with E-state index < -0.39 is 11.9 Å². The predicted octanol–water partition coefficient (Wildman–Crippen LogP) is 3.21. The predicted molar refractivity (Wildman–Crippen MR) is 114 cm³/mol. The number of rotatable bonds is 6. The molecule has 8 heteroatoms. The normalized spacial score (nSPS) is 10.8. The van der Waals surface area contributed by atoms with Gasteiger partial charge in [0.2, 0.25) is 0 Å². The highest BCUT2D eigenvalue weighted by Crippen LogP contribution is 2.27. The van der Waals surface area contributed by atoms with E-state index in [0.29, 0.717) is 34.5 Å². The number of hydrogen-bond acceptors (Lipinski definition) is 5. The molecule has 0 fully saturated rings. The number of pyridine rings is 1. The van der Waals surface area contributed by atoms with E-state index in [1.165, 1.54) is 6.20 Å². The maximum atomic E-state index is 13.3. The molecule has 0 aliphatic carbocycles. The third-order valence-corrected chi connectivity index (χ3v) is 4.61. The van der Waals surface area contributed by atoms with Gasteiger partial charge in [0.1, 0.15) is 0 Å². The number of H-pyrrole nitrogens is 1. The molecule has 4 rings (SSSR count). The number of hydrogen-bond donors (Lipinski definition) is 3. The third kappa shape index (κ3) is 3.89. The van der Waals surface area contributed by atoms with Gasteiger partial charge in [-0.1, -0.05) is 36.4 Å². The second-order valence-corrected chi connectivity index (χ2v) is 6.61. The lowest BCUT2D eigenvalue weighted by Crippen LogP contribution is -2.41. The summed E-state index contributed by atoms with van der Waals surface area (Å²) in [6.45, 7) is 0.567. The first-order valence-electron chi connectivity index (χ1n) is 9.31. The second kappa shape index (κ2) is 8.54. The van der Waals surface area contributed by atoms with Crippen molar-refractivity contribution in [3.63, 3.8) is 0 Å². The Balaban J connectivity index is 1.59. The average Bonchev–Trinajstić information content (AvgIpc) is 3.23. The summed E-state index contributed by atoms with van der Waals surface area (Å²) < 4.78 is 5.73. The van der Waals surface area contributed by atoms with Gasteiger partial charge in [0.25, 0.3) is 5.91 Å². The fourth-order valence-corrected chi connectivity index (χ4v) is 3.20. The topological polar surface area (TPSA) is 121 Å². The lowest BCUT2D eigenvalue weighted by Gasteiger charge is -2.22. The van der Waals surface area contributed by atoms with Gasteiger partial charge in [-0.05, 0) is 29.8 Å². The molecule has 0 saturated heterocycles. The van der Waals surface area contributed by atoms with E-state index in [4.69, 9.17) is 15.9 Å². The van der Waals surface area contributed by atoms with Crippen LogP contribution in [0.1, 0.15) is 21.6 Å². The van der Waals surface area contributed by atoms with Gasteiger partial charge in [0.15, 0.2) is 5.96 Å². The summed E-state index contributed by atoms with van der Waals surface area (Å²) in [5, 5.41) is 15.5. The van der Waals surface area contributed by atoms with Crippen LogP contribution in [0.25, 0.3) is 10.9 Å². The van der Waals surface area contributed by atoms with Crippen molar-refractivity contribution in [2.45, 2.75) is 13.2 Å². The molecule has 150 valence electrons. The highest BCUT2D eigenvalue weighted by Gasteiger charge is 2.25. The fourth-order valence-electron chi connectivity index (χ4n) is 3.20. The molecule has 8 nitrogen and oxygen atoms in total. The molecule has 0 saturated carbocycles. The Hall–Kier alpha value is -4.04. The van der Waals surface area contributed by atoms with Crippen molar-refractivity contribution in [1.82, 2.24) is 15.2 Å². The molecule has 0 radical (unpaired) electrons. The van der Waals surface area contributed by atoms with Gasteiger partial charge in [0.05, 0.1) is 41.9 Å². The lowest BCUT2D eigenvalue weighted by atomic mass is 10.1. The number of anilines is 1. The Morgan fingerprint density at radius 3 is 2.70 bits per heavy atom. The molecule has 4 aromatic rings. The molecule has 30 heavy (non-hydrogen) atoms. The standard InChI is InChI=1S/C22H20N6O2/c23-22(24)28(20-10-4-9-18-16(20)8-5-11-25-18)21(29)17-12-26-27-19(17)14-30-13-15-6-2-1-3-7-15/h1-12H,13-14H2,(H3,23,24)(H,26,27). The van der Waals surface area contributed by atoms with Gasteiger partial charge in [-0.3, -0.25) is 20.3 Å². The zero-order valence-corrected chi connectivity index (χ0v) is 16.1. The first-order chi connectivity index (χ1) is 14.6. The van der Waals surface area contributed by atoms with Gasteiger partial charge in [0, 0.05) is 11.6 Å². The van der Waals surface area contributed by atoms with E-state index in [1.54, 1.807) is 24.4 Å². The maximum absolute atomic E-state index is 13.3. The number of fused-ring (bicyclic) bond motifs is 1. The van der Waals surface area contributed by atoms with Gasteiger partial charge in [-0.25, -0.2) is 4.90 Å². The SMILES string of the molecule is N=C(N)N(C(=O)c1cn[nH]c1COCc1ccccc1)c1cccc2ncccc12. The molecule has 2 heterocycles. The minimum absolute atomic E-state index is 0.165. The monoisotopic (exact) mass is 400 g/mol. The van der Waals surface area contributed by atoms with Gasteiger partial charge < -0.3 is 10.5 Å². The number of nitrogens with two attached hydrogens (primary N) is 1. The number of ether oxygens (including phenoxy) is 1. The lowest BCUT2D eigenvalue weighted by molar-refractivity contribution is 0.0961. The van der Waals surface area contributed by atoms with E-state index in [-0.39, 0.29) is 6.61 Å². The summed E-state index contributed by atoms with van der Waals surface area (Å²) in [4.78, 5) is 18.8. The van der Waals surface area contributed by atoms with Crippen molar-refractivity contribution in [2.24, 2.45) is 5.73 Å². The summed E-state index contributed by atoms with van der Waals surface area (Å²) in [5.41, 5.74) is 8.81. The van der Waals surface area contributed by atoms with Crippen molar-refractivity contribution >= 4 is 28.5 Å². The Labute approximate surface area is 172 Å². The minimum Gasteiger partial charge on any atom is -0.370 e. The molecule has 2 aromatic carbocycles. The van der Waals surface area contributed by atoms with E-state index in [2.05, 4.69) is 15.2 Å². The Kier molecular flexibility index (Phi) is 5.49. The number of guanidine groups is 1. The van der Waals surface area contributed by atoms with Crippen molar-refractivity contribution in [2.75, 3.05) is 4.90 Å². The molecule has 0 unspecified atom stereocenters. The molecule has 0 bridgehead atoms. The number of carbonyl (C=O) groups excluding carboxylic acids is 1. The molecule has 4 N–H and O–H groups in total. The zero-order chi connectivity index (χ0) is 20.9. The molecule has 2 aromatic heterocycles. The first kappa shape index (κ1) is 19.3. The fraction of sp³-hybridized carbons (Fsp3) is 0.0909. The molecular weight excluding hydrogens is 380 g/mol. The smallest absolute Gasteiger partial charge is 0.268 e. The number of carbonyl (C=O) groups is 1. The van der Waals surface area contributed by atoms with E-state index in [9.17, 15) is 4.79 Å². The molecule has 0 aliphatic heterocycles. The minimum atomic E-state index is -0.467. The highest BCUT2D eigenvalue weighted by molar-refractivity contribution is 6.23. The van der Waals surface area contributed by atoms with Crippen LogP contribution in [-0.4, -0.2) is 27.0 Å². The highest BCUT2D eigenvalue weighted by atomic mass is 16.5. The van der Waals surface area contributed by atoms with Gasteiger partial charge in [-0.2, -0.15) is 5.10 Å². The van der Waals surface area contributed by atoms with Crippen molar-refractivity contribution in [3.8, 4) is 0 Å². The summed E-state index contributed by atoms with van der Waals surface area (Å²) in [6, 6.07) is 18.7. The van der Waals surface area contributed by atoms with Crippen LogP contribution in [0.4, 0.5) is 5.69 Å². The molecule has 0 spiro atoms. The second-order valence-electron chi connectivity index (χ2n) is 6.61. The maximum Gasteiger partial charge on any atom is 0.268 e. The summed E-state index contributed by atoms with van der Waals surface area (Å²) in [7, 11) is 0.